The van der Waals surface area contributed by atoms with Gasteiger partial charge in [0.1, 0.15) is 0 Å². The van der Waals surface area contributed by atoms with E-state index in [0.717, 1.165) is 16.7 Å². The summed E-state index contributed by atoms with van der Waals surface area (Å²) in [6, 6.07) is -0.0759. The lowest BCUT2D eigenvalue weighted by Gasteiger charge is -2.15. The normalized spacial score (nSPS) is 12.9. The molecule has 0 aliphatic rings. The van der Waals surface area contributed by atoms with Crippen LogP contribution in [0.15, 0.2) is 12.4 Å². The molecular weight excluding hydrogens is 164 g/mol. The molecule has 0 fully saturated rings. The van der Waals surface area contributed by atoms with Gasteiger partial charge in [0.05, 0.1) is 0 Å². The molecule has 13 heavy (non-hydrogen) atoms. The first-order valence-electron chi connectivity index (χ1n) is 4.44. The van der Waals surface area contributed by atoms with Crippen LogP contribution in [0, 0.1) is 13.8 Å². The van der Waals surface area contributed by atoms with Gasteiger partial charge in [-0.2, -0.15) is 0 Å². The number of nitrogens with two attached hydrogens (primary N) is 1. The van der Waals surface area contributed by atoms with Crippen molar-refractivity contribution in [3.05, 3.63) is 29.1 Å². The number of pyridine rings is 1. The first-order valence-corrected chi connectivity index (χ1v) is 4.44. The SMILES string of the molecule is Cc1cncc(C)c1C(N)CCO. The Morgan fingerprint density at radius 1 is 1.38 bits per heavy atom. The van der Waals surface area contributed by atoms with E-state index < -0.39 is 0 Å². The molecule has 72 valence electrons. The number of hydrogen-bond donors (Lipinski definition) is 2. The molecule has 0 bridgehead atoms. The summed E-state index contributed by atoms with van der Waals surface area (Å²) in [5.41, 5.74) is 9.23. The molecule has 0 spiro atoms. The van der Waals surface area contributed by atoms with Crippen molar-refractivity contribution in [3.63, 3.8) is 0 Å². The summed E-state index contributed by atoms with van der Waals surface area (Å²) in [6.45, 7) is 4.11. The predicted molar refractivity (Wildman–Crippen MR) is 52.3 cm³/mol. The van der Waals surface area contributed by atoms with Crippen LogP contribution in [0.4, 0.5) is 0 Å². The highest BCUT2D eigenvalue weighted by Gasteiger charge is 2.10. The second-order valence-electron chi connectivity index (χ2n) is 3.31. The highest BCUT2D eigenvalue weighted by atomic mass is 16.3. The van der Waals surface area contributed by atoms with E-state index in [0.29, 0.717) is 6.42 Å². The van der Waals surface area contributed by atoms with Gasteiger partial charge in [0.2, 0.25) is 0 Å². The highest BCUT2D eigenvalue weighted by Crippen LogP contribution is 2.20. The van der Waals surface area contributed by atoms with E-state index >= 15 is 0 Å². The first kappa shape index (κ1) is 10.2. The van der Waals surface area contributed by atoms with E-state index in [1.165, 1.54) is 0 Å². The Bertz CT molecular complexity index is 266. The summed E-state index contributed by atoms with van der Waals surface area (Å²) in [5.74, 6) is 0. The van der Waals surface area contributed by atoms with Crippen molar-refractivity contribution in [2.45, 2.75) is 26.3 Å². The average molecular weight is 180 g/mol. The molecular formula is C10H16N2O. The molecule has 1 aromatic rings. The minimum atomic E-state index is -0.0759. The largest absolute Gasteiger partial charge is 0.396 e. The summed E-state index contributed by atoms with van der Waals surface area (Å²) in [7, 11) is 0. The molecule has 0 aliphatic heterocycles. The van der Waals surface area contributed by atoms with Crippen LogP contribution in [0.5, 0.6) is 0 Å². The standard InChI is InChI=1S/C10H16N2O/c1-7-5-12-6-8(2)10(7)9(11)3-4-13/h5-6,9,13H,3-4,11H2,1-2H3. The Kier molecular flexibility index (Phi) is 3.39. The lowest BCUT2D eigenvalue weighted by atomic mass is 9.97. The van der Waals surface area contributed by atoms with E-state index in [1.807, 2.05) is 13.8 Å². The van der Waals surface area contributed by atoms with E-state index in [9.17, 15) is 0 Å². The third-order valence-electron chi connectivity index (χ3n) is 2.20. The average Bonchev–Trinajstić information content (AvgIpc) is 2.04. The zero-order chi connectivity index (χ0) is 9.84. The predicted octanol–water partition coefficient (Wildman–Crippen LogP) is 1.08. The second-order valence-corrected chi connectivity index (χ2v) is 3.31. The molecule has 0 saturated heterocycles. The van der Waals surface area contributed by atoms with Crippen LogP contribution in [0.3, 0.4) is 0 Å². The lowest BCUT2D eigenvalue weighted by Crippen LogP contribution is -2.15. The van der Waals surface area contributed by atoms with Crippen molar-refractivity contribution in [1.82, 2.24) is 4.98 Å². The molecule has 1 aromatic heterocycles. The summed E-state index contributed by atoms with van der Waals surface area (Å²) in [6.07, 6.45) is 4.21. The molecule has 0 radical (unpaired) electrons. The van der Waals surface area contributed by atoms with Gasteiger partial charge in [-0.15, -0.1) is 0 Å². The van der Waals surface area contributed by atoms with Crippen LogP contribution in [0.2, 0.25) is 0 Å². The number of aliphatic hydroxyl groups excluding tert-OH is 1. The smallest absolute Gasteiger partial charge is 0.0449 e. The Hall–Kier alpha value is -0.930. The Morgan fingerprint density at radius 2 is 1.92 bits per heavy atom. The van der Waals surface area contributed by atoms with Gasteiger partial charge in [0, 0.05) is 25.0 Å². The fourth-order valence-corrected chi connectivity index (χ4v) is 1.58. The fourth-order valence-electron chi connectivity index (χ4n) is 1.58. The first-order chi connectivity index (χ1) is 6.16. The third-order valence-corrected chi connectivity index (χ3v) is 2.20. The van der Waals surface area contributed by atoms with Crippen LogP contribution in [-0.2, 0) is 0 Å². The van der Waals surface area contributed by atoms with Gasteiger partial charge in [-0.3, -0.25) is 4.98 Å². The van der Waals surface area contributed by atoms with Gasteiger partial charge in [0.25, 0.3) is 0 Å². The van der Waals surface area contributed by atoms with Gasteiger partial charge in [-0.1, -0.05) is 0 Å². The molecule has 1 atom stereocenters. The minimum Gasteiger partial charge on any atom is -0.396 e. The summed E-state index contributed by atoms with van der Waals surface area (Å²) in [5, 5.41) is 8.78. The van der Waals surface area contributed by atoms with Crippen LogP contribution in [0.1, 0.15) is 29.2 Å². The molecule has 1 heterocycles. The maximum atomic E-state index is 8.78. The molecule has 0 aromatic carbocycles. The van der Waals surface area contributed by atoms with Crippen molar-refractivity contribution in [2.75, 3.05) is 6.61 Å². The monoisotopic (exact) mass is 180 g/mol. The maximum Gasteiger partial charge on any atom is 0.0449 e. The number of aromatic nitrogens is 1. The molecule has 0 amide bonds. The third kappa shape index (κ3) is 2.26. The molecule has 1 unspecified atom stereocenters. The van der Waals surface area contributed by atoms with Crippen molar-refractivity contribution < 1.29 is 5.11 Å². The molecule has 1 rings (SSSR count). The van der Waals surface area contributed by atoms with Gasteiger partial charge in [-0.05, 0) is 37.0 Å². The zero-order valence-corrected chi connectivity index (χ0v) is 8.12. The molecule has 3 N–H and O–H groups in total. The maximum absolute atomic E-state index is 8.78. The van der Waals surface area contributed by atoms with Crippen molar-refractivity contribution >= 4 is 0 Å². The van der Waals surface area contributed by atoms with Crippen LogP contribution in [0.25, 0.3) is 0 Å². The Balaban J connectivity index is 2.98. The molecule has 0 saturated carbocycles. The molecule has 3 heteroatoms. The Morgan fingerprint density at radius 3 is 2.38 bits per heavy atom. The van der Waals surface area contributed by atoms with Crippen LogP contribution in [-0.4, -0.2) is 16.7 Å². The van der Waals surface area contributed by atoms with Crippen molar-refractivity contribution in [2.24, 2.45) is 5.73 Å². The second kappa shape index (κ2) is 4.35. The van der Waals surface area contributed by atoms with Gasteiger partial charge in [-0.25, -0.2) is 0 Å². The van der Waals surface area contributed by atoms with Gasteiger partial charge in [0.15, 0.2) is 0 Å². The van der Waals surface area contributed by atoms with E-state index in [1.54, 1.807) is 12.4 Å². The zero-order valence-electron chi connectivity index (χ0n) is 8.12. The van der Waals surface area contributed by atoms with Gasteiger partial charge < -0.3 is 10.8 Å². The van der Waals surface area contributed by atoms with E-state index in [4.69, 9.17) is 10.8 Å². The van der Waals surface area contributed by atoms with Gasteiger partial charge >= 0.3 is 0 Å². The van der Waals surface area contributed by atoms with E-state index in [2.05, 4.69) is 4.98 Å². The number of aliphatic hydroxyl groups is 1. The molecule has 3 nitrogen and oxygen atoms in total. The van der Waals surface area contributed by atoms with Crippen molar-refractivity contribution in [3.8, 4) is 0 Å². The van der Waals surface area contributed by atoms with Crippen molar-refractivity contribution in [1.29, 1.82) is 0 Å². The summed E-state index contributed by atoms with van der Waals surface area (Å²) >= 11 is 0. The number of hydrogen-bond acceptors (Lipinski definition) is 3. The fraction of sp³-hybridized carbons (Fsp3) is 0.500. The lowest BCUT2D eigenvalue weighted by molar-refractivity contribution is 0.276. The summed E-state index contributed by atoms with van der Waals surface area (Å²) < 4.78 is 0. The van der Waals surface area contributed by atoms with Crippen LogP contribution >= 0.6 is 0 Å². The number of rotatable bonds is 3. The quantitative estimate of drug-likeness (QED) is 0.731. The molecule has 0 aliphatic carbocycles. The topological polar surface area (TPSA) is 59.1 Å². The number of nitrogens with zero attached hydrogens (tertiary/aromatic N) is 1. The van der Waals surface area contributed by atoms with Crippen LogP contribution < -0.4 is 5.73 Å². The number of aryl methyl sites for hydroxylation is 2. The minimum absolute atomic E-state index is 0.0759. The van der Waals surface area contributed by atoms with E-state index in [-0.39, 0.29) is 12.6 Å². The highest BCUT2D eigenvalue weighted by molar-refractivity contribution is 5.32. The Labute approximate surface area is 78.6 Å². The summed E-state index contributed by atoms with van der Waals surface area (Å²) in [4.78, 5) is 4.07.